The smallest absolute Gasteiger partial charge is 0.321 e. The van der Waals surface area contributed by atoms with Crippen LogP contribution in [0.2, 0.25) is 0 Å². The number of nitrogens with one attached hydrogen (secondary N) is 1. The number of carbonyl (C=O) groups is 1. The fraction of sp³-hybridized carbons (Fsp3) is 0.333. The normalized spacial score (nSPS) is 14.7. The summed E-state index contributed by atoms with van der Waals surface area (Å²) in [5.74, 6) is 0.974. The van der Waals surface area contributed by atoms with Crippen molar-refractivity contribution >= 4 is 17.5 Å². The van der Waals surface area contributed by atoms with Gasteiger partial charge in [-0.1, -0.05) is 23.8 Å². The van der Waals surface area contributed by atoms with Crippen molar-refractivity contribution in [1.29, 1.82) is 0 Å². The number of piperazine rings is 1. The van der Waals surface area contributed by atoms with Crippen LogP contribution in [0.3, 0.4) is 0 Å². The standard InChI is InChI=1S/C18H22N4O/c1-14-6-7-16(15(2)13-14)20-18(23)22-11-9-21(10-12-22)17-5-3-4-8-19-17/h3-8,13H,9-12H2,1-2H3,(H,20,23). The van der Waals surface area contributed by atoms with Crippen LogP contribution < -0.4 is 10.2 Å². The number of hydrogen-bond acceptors (Lipinski definition) is 3. The van der Waals surface area contributed by atoms with Gasteiger partial charge in [-0.25, -0.2) is 9.78 Å². The Morgan fingerprint density at radius 2 is 1.87 bits per heavy atom. The first kappa shape index (κ1) is 15.3. The molecule has 0 aliphatic carbocycles. The molecule has 1 saturated heterocycles. The first-order valence-electron chi connectivity index (χ1n) is 7.92. The topological polar surface area (TPSA) is 48.5 Å². The maximum absolute atomic E-state index is 12.4. The molecule has 1 aliphatic rings. The molecule has 0 bridgehead atoms. The summed E-state index contributed by atoms with van der Waals surface area (Å²) in [6.07, 6.45) is 1.80. The van der Waals surface area contributed by atoms with E-state index in [1.807, 2.05) is 42.2 Å². The van der Waals surface area contributed by atoms with E-state index in [9.17, 15) is 4.79 Å². The molecule has 1 N–H and O–H groups in total. The van der Waals surface area contributed by atoms with E-state index < -0.39 is 0 Å². The number of aromatic nitrogens is 1. The van der Waals surface area contributed by atoms with Gasteiger partial charge in [0.05, 0.1) is 0 Å². The molecule has 0 spiro atoms. The summed E-state index contributed by atoms with van der Waals surface area (Å²) in [6.45, 7) is 7.08. The SMILES string of the molecule is Cc1ccc(NC(=O)N2CCN(c3ccccn3)CC2)c(C)c1. The van der Waals surface area contributed by atoms with Crippen LogP contribution in [-0.2, 0) is 0 Å². The number of benzene rings is 1. The summed E-state index contributed by atoms with van der Waals surface area (Å²) in [5, 5.41) is 3.01. The average molecular weight is 310 g/mol. The largest absolute Gasteiger partial charge is 0.353 e. The van der Waals surface area contributed by atoms with Gasteiger partial charge in [-0.05, 0) is 37.6 Å². The molecule has 2 amide bonds. The summed E-state index contributed by atoms with van der Waals surface area (Å²) in [5.41, 5.74) is 3.17. The monoisotopic (exact) mass is 310 g/mol. The zero-order valence-corrected chi connectivity index (χ0v) is 13.6. The summed E-state index contributed by atoms with van der Waals surface area (Å²) >= 11 is 0. The molecule has 1 aromatic carbocycles. The van der Waals surface area contributed by atoms with E-state index >= 15 is 0 Å². The molecule has 1 aromatic heterocycles. The molecule has 5 heteroatoms. The highest BCUT2D eigenvalue weighted by Crippen LogP contribution is 2.18. The highest BCUT2D eigenvalue weighted by Gasteiger charge is 2.22. The molecule has 0 saturated carbocycles. The molecule has 120 valence electrons. The minimum atomic E-state index is -0.0300. The van der Waals surface area contributed by atoms with Crippen molar-refractivity contribution in [3.63, 3.8) is 0 Å². The lowest BCUT2D eigenvalue weighted by atomic mass is 10.1. The van der Waals surface area contributed by atoms with Crippen molar-refractivity contribution in [1.82, 2.24) is 9.88 Å². The van der Waals surface area contributed by atoms with E-state index in [2.05, 4.69) is 28.2 Å². The molecular weight excluding hydrogens is 288 g/mol. The van der Waals surface area contributed by atoms with Crippen LogP contribution in [0.25, 0.3) is 0 Å². The number of urea groups is 1. The lowest BCUT2D eigenvalue weighted by molar-refractivity contribution is 0.208. The fourth-order valence-electron chi connectivity index (χ4n) is 2.83. The summed E-state index contributed by atoms with van der Waals surface area (Å²) < 4.78 is 0. The third kappa shape index (κ3) is 3.62. The molecule has 1 fully saturated rings. The van der Waals surface area contributed by atoms with Gasteiger partial charge >= 0.3 is 6.03 Å². The Kier molecular flexibility index (Phi) is 4.46. The van der Waals surface area contributed by atoms with E-state index in [-0.39, 0.29) is 6.03 Å². The van der Waals surface area contributed by atoms with Crippen LogP contribution in [0, 0.1) is 13.8 Å². The number of nitrogens with zero attached hydrogens (tertiary/aromatic N) is 3. The van der Waals surface area contributed by atoms with Crippen molar-refractivity contribution in [3.05, 3.63) is 53.7 Å². The molecule has 2 heterocycles. The minimum Gasteiger partial charge on any atom is -0.353 e. The zero-order valence-electron chi connectivity index (χ0n) is 13.6. The number of rotatable bonds is 2. The highest BCUT2D eigenvalue weighted by atomic mass is 16.2. The van der Waals surface area contributed by atoms with Gasteiger partial charge in [0.25, 0.3) is 0 Å². The van der Waals surface area contributed by atoms with Gasteiger partial charge in [-0.3, -0.25) is 0 Å². The molecule has 0 atom stereocenters. The maximum atomic E-state index is 12.4. The Bertz CT molecular complexity index is 679. The van der Waals surface area contributed by atoms with Gasteiger partial charge in [0.1, 0.15) is 5.82 Å². The number of amides is 2. The third-order valence-corrected chi connectivity index (χ3v) is 4.16. The van der Waals surface area contributed by atoms with Crippen LogP contribution in [0.15, 0.2) is 42.6 Å². The van der Waals surface area contributed by atoms with Gasteiger partial charge in [0, 0.05) is 38.1 Å². The first-order chi connectivity index (χ1) is 11.1. The molecule has 0 unspecified atom stereocenters. The van der Waals surface area contributed by atoms with Crippen LogP contribution >= 0.6 is 0 Å². The Balaban J connectivity index is 1.58. The Labute approximate surface area is 136 Å². The zero-order chi connectivity index (χ0) is 16.2. The number of pyridine rings is 1. The van der Waals surface area contributed by atoms with Crippen molar-refractivity contribution in [2.24, 2.45) is 0 Å². The quantitative estimate of drug-likeness (QED) is 0.927. The molecule has 0 radical (unpaired) electrons. The van der Waals surface area contributed by atoms with E-state index in [4.69, 9.17) is 0 Å². The van der Waals surface area contributed by atoms with Gasteiger partial charge in [0.2, 0.25) is 0 Å². The Morgan fingerprint density at radius 1 is 1.09 bits per heavy atom. The lowest BCUT2D eigenvalue weighted by Crippen LogP contribution is -2.50. The van der Waals surface area contributed by atoms with E-state index in [1.54, 1.807) is 6.20 Å². The number of anilines is 2. The van der Waals surface area contributed by atoms with Crippen molar-refractivity contribution in [2.45, 2.75) is 13.8 Å². The first-order valence-corrected chi connectivity index (χ1v) is 7.92. The molecule has 23 heavy (non-hydrogen) atoms. The van der Waals surface area contributed by atoms with E-state index in [0.717, 1.165) is 30.2 Å². The predicted octanol–water partition coefficient (Wildman–Crippen LogP) is 3.05. The Hall–Kier alpha value is -2.56. The lowest BCUT2D eigenvalue weighted by Gasteiger charge is -2.35. The minimum absolute atomic E-state index is 0.0300. The van der Waals surface area contributed by atoms with Crippen LogP contribution in [0.4, 0.5) is 16.3 Å². The molecular formula is C18H22N4O. The summed E-state index contributed by atoms with van der Waals surface area (Å²) in [6, 6.07) is 11.9. The molecule has 3 rings (SSSR count). The predicted molar refractivity (Wildman–Crippen MR) is 93.0 cm³/mol. The average Bonchev–Trinajstić information content (AvgIpc) is 2.58. The highest BCUT2D eigenvalue weighted by molar-refractivity contribution is 5.90. The van der Waals surface area contributed by atoms with Crippen LogP contribution in [0.1, 0.15) is 11.1 Å². The van der Waals surface area contributed by atoms with Crippen molar-refractivity contribution in [3.8, 4) is 0 Å². The molecule has 1 aliphatic heterocycles. The molecule has 2 aromatic rings. The number of hydrogen-bond donors (Lipinski definition) is 1. The van der Waals surface area contributed by atoms with Gasteiger partial charge in [0.15, 0.2) is 0 Å². The van der Waals surface area contributed by atoms with Crippen LogP contribution in [0.5, 0.6) is 0 Å². The third-order valence-electron chi connectivity index (χ3n) is 4.16. The molecule has 5 nitrogen and oxygen atoms in total. The van der Waals surface area contributed by atoms with Crippen LogP contribution in [-0.4, -0.2) is 42.1 Å². The van der Waals surface area contributed by atoms with Gasteiger partial charge < -0.3 is 15.1 Å². The summed E-state index contributed by atoms with van der Waals surface area (Å²) in [4.78, 5) is 20.9. The van der Waals surface area contributed by atoms with E-state index in [0.29, 0.717) is 13.1 Å². The number of carbonyl (C=O) groups excluding carboxylic acids is 1. The van der Waals surface area contributed by atoms with Crippen molar-refractivity contribution < 1.29 is 4.79 Å². The maximum Gasteiger partial charge on any atom is 0.321 e. The second-order valence-electron chi connectivity index (χ2n) is 5.91. The second-order valence-corrected chi connectivity index (χ2v) is 5.91. The number of aryl methyl sites for hydroxylation is 2. The second kappa shape index (κ2) is 6.69. The van der Waals surface area contributed by atoms with Gasteiger partial charge in [-0.15, -0.1) is 0 Å². The van der Waals surface area contributed by atoms with Crippen molar-refractivity contribution in [2.75, 3.05) is 36.4 Å². The summed E-state index contributed by atoms with van der Waals surface area (Å²) in [7, 11) is 0. The Morgan fingerprint density at radius 3 is 2.52 bits per heavy atom. The fourth-order valence-corrected chi connectivity index (χ4v) is 2.83. The van der Waals surface area contributed by atoms with Gasteiger partial charge in [-0.2, -0.15) is 0 Å². The van der Waals surface area contributed by atoms with E-state index in [1.165, 1.54) is 5.56 Å².